The molecule has 2 rings (SSSR count). The molecule has 2 aromatic rings. The lowest BCUT2D eigenvalue weighted by atomic mass is 10.0. The number of aryl methyl sites for hydroxylation is 3. The maximum atomic E-state index is 12.1. The van der Waals surface area contributed by atoms with E-state index in [-0.39, 0.29) is 5.57 Å². The molecule has 0 saturated carbocycles. The van der Waals surface area contributed by atoms with E-state index in [0.717, 1.165) is 22.6 Å². The maximum Gasteiger partial charge on any atom is 0.268 e. The summed E-state index contributed by atoms with van der Waals surface area (Å²) in [5, 5.41) is 20.9. The van der Waals surface area contributed by atoms with Crippen LogP contribution in [0.2, 0.25) is 0 Å². The zero-order valence-corrected chi connectivity index (χ0v) is 13.5. The smallest absolute Gasteiger partial charge is 0.268 e. The van der Waals surface area contributed by atoms with Gasteiger partial charge in [-0.2, -0.15) is 5.26 Å². The van der Waals surface area contributed by atoms with E-state index in [1.807, 2.05) is 45.0 Å². The van der Waals surface area contributed by atoms with Crippen molar-refractivity contribution in [3.8, 4) is 6.07 Å². The summed E-state index contributed by atoms with van der Waals surface area (Å²) >= 11 is 1.31. The summed E-state index contributed by atoms with van der Waals surface area (Å²) in [6, 6.07) is 7.72. The lowest BCUT2D eigenvalue weighted by molar-refractivity contribution is -0.112. The number of carbonyl (C=O) groups excluding carboxylic acids is 1. The Morgan fingerprint density at radius 1 is 1.36 bits per heavy atom. The molecular weight excluding hydrogens is 296 g/mol. The zero-order valence-electron chi connectivity index (χ0n) is 12.7. The van der Waals surface area contributed by atoms with Crippen LogP contribution in [0.15, 0.2) is 23.8 Å². The summed E-state index contributed by atoms with van der Waals surface area (Å²) in [6.07, 6.45) is 2.33. The highest BCUT2D eigenvalue weighted by Crippen LogP contribution is 2.17. The first-order valence-electron chi connectivity index (χ1n) is 6.86. The molecule has 0 aliphatic carbocycles. The van der Waals surface area contributed by atoms with E-state index in [1.54, 1.807) is 6.08 Å². The van der Waals surface area contributed by atoms with Crippen LogP contribution < -0.4 is 5.32 Å². The highest BCUT2D eigenvalue weighted by molar-refractivity contribution is 7.15. The number of carbonyl (C=O) groups is 1. The van der Waals surface area contributed by atoms with Gasteiger partial charge in [0, 0.05) is 0 Å². The molecule has 0 atom stereocenters. The van der Waals surface area contributed by atoms with Gasteiger partial charge < -0.3 is 0 Å². The van der Waals surface area contributed by atoms with Gasteiger partial charge in [0.1, 0.15) is 16.6 Å². The van der Waals surface area contributed by atoms with Crippen molar-refractivity contribution in [2.24, 2.45) is 0 Å². The summed E-state index contributed by atoms with van der Waals surface area (Å²) in [5.41, 5.74) is 3.14. The number of nitriles is 1. The lowest BCUT2D eigenvalue weighted by Crippen LogP contribution is -2.13. The molecule has 0 bridgehead atoms. The second-order valence-electron chi connectivity index (χ2n) is 4.82. The van der Waals surface area contributed by atoms with Crippen molar-refractivity contribution in [2.45, 2.75) is 27.2 Å². The molecule has 0 unspecified atom stereocenters. The SMILES string of the molecule is CCc1nnc(NC(=O)/C(C#N)=C\c2ccc(C)c(C)c2)s1. The summed E-state index contributed by atoms with van der Waals surface area (Å²) in [4.78, 5) is 12.1. The fourth-order valence-electron chi connectivity index (χ4n) is 1.78. The molecule has 0 aliphatic rings. The van der Waals surface area contributed by atoms with Gasteiger partial charge in [-0.15, -0.1) is 10.2 Å². The third kappa shape index (κ3) is 3.77. The van der Waals surface area contributed by atoms with Gasteiger partial charge in [0.25, 0.3) is 5.91 Å². The van der Waals surface area contributed by atoms with Crippen molar-refractivity contribution in [1.82, 2.24) is 10.2 Å². The number of aromatic nitrogens is 2. The molecular formula is C16H16N4OS. The van der Waals surface area contributed by atoms with Crippen LogP contribution in [0, 0.1) is 25.2 Å². The van der Waals surface area contributed by atoms with Gasteiger partial charge in [-0.3, -0.25) is 10.1 Å². The normalized spacial score (nSPS) is 11.1. The fraction of sp³-hybridized carbons (Fsp3) is 0.250. The van der Waals surface area contributed by atoms with Crippen molar-refractivity contribution >= 4 is 28.5 Å². The first-order valence-corrected chi connectivity index (χ1v) is 7.68. The van der Waals surface area contributed by atoms with E-state index in [1.165, 1.54) is 16.9 Å². The Kier molecular flexibility index (Phi) is 5.02. The van der Waals surface area contributed by atoms with Gasteiger partial charge in [0.2, 0.25) is 5.13 Å². The molecule has 22 heavy (non-hydrogen) atoms. The minimum Gasteiger partial charge on any atom is -0.296 e. The minimum absolute atomic E-state index is 0.0384. The fourth-order valence-corrected chi connectivity index (χ4v) is 2.46. The van der Waals surface area contributed by atoms with Gasteiger partial charge in [-0.1, -0.05) is 36.5 Å². The van der Waals surface area contributed by atoms with Crippen LogP contribution in [0.3, 0.4) is 0 Å². The number of rotatable bonds is 4. The highest BCUT2D eigenvalue weighted by Gasteiger charge is 2.12. The van der Waals surface area contributed by atoms with Gasteiger partial charge >= 0.3 is 0 Å². The first kappa shape index (κ1) is 15.9. The summed E-state index contributed by atoms with van der Waals surface area (Å²) in [5.74, 6) is -0.473. The molecule has 1 aromatic carbocycles. The largest absolute Gasteiger partial charge is 0.296 e. The van der Waals surface area contributed by atoms with Crippen LogP contribution in [-0.4, -0.2) is 16.1 Å². The zero-order chi connectivity index (χ0) is 16.1. The Morgan fingerprint density at radius 3 is 2.73 bits per heavy atom. The second kappa shape index (κ2) is 6.96. The number of hydrogen-bond donors (Lipinski definition) is 1. The Bertz CT molecular complexity index is 771. The number of amides is 1. The quantitative estimate of drug-likeness (QED) is 0.694. The van der Waals surface area contributed by atoms with Crippen LogP contribution >= 0.6 is 11.3 Å². The molecule has 5 nitrogen and oxygen atoms in total. The molecule has 0 saturated heterocycles. The maximum absolute atomic E-state index is 12.1. The van der Waals surface area contributed by atoms with Crippen molar-refractivity contribution in [3.05, 3.63) is 45.5 Å². The van der Waals surface area contributed by atoms with E-state index in [4.69, 9.17) is 0 Å². The molecule has 0 radical (unpaired) electrons. The molecule has 112 valence electrons. The van der Waals surface area contributed by atoms with E-state index in [9.17, 15) is 10.1 Å². The predicted molar refractivity (Wildman–Crippen MR) is 87.4 cm³/mol. The van der Waals surface area contributed by atoms with Crippen LogP contribution in [0.25, 0.3) is 6.08 Å². The predicted octanol–water partition coefficient (Wildman–Crippen LogP) is 3.26. The van der Waals surface area contributed by atoms with Crippen molar-refractivity contribution < 1.29 is 4.79 Å². The van der Waals surface area contributed by atoms with Gasteiger partial charge in [-0.05, 0) is 43.0 Å². The van der Waals surface area contributed by atoms with Crippen LogP contribution in [-0.2, 0) is 11.2 Å². The van der Waals surface area contributed by atoms with Gasteiger partial charge in [0.15, 0.2) is 0 Å². The standard InChI is InChI=1S/C16H16N4OS/c1-4-14-19-20-16(22-14)18-15(21)13(9-17)8-12-6-5-10(2)11(3)7-12/h5-8H,4H2,1-3H3,(H,18,20,21)/b13-8-. The van der Waals surface area contributed by atoms with E-state index in [2.05, 4.69) is 15.5 Å². The van der Waals surface area contributed by atoms with Crippen LogP contribution in [0.5, 0.6) is 0 Å². The molecule has 0 aliphatic heterocycles. The number of nitrogens with zero attached hydrogens (tertiary/aromatic N) is 3. The highest BCUT2D eigenvalue weighted by atomic mass is 32.1. The number of benzene rings is 1. The third-order valence-electron chi connectivity index (χ3n) is 3.20. The molecule has 1 heterocycles. The monoisotopic (exact) mass is 312 g/mol. The van der Waals surface area contributed by atoms with Crippen molar-refractivity contribution in [3.63, 3.8) is 0 Å². The Labute approximate surface area is 133 Å². The molecule has 0 spiro atoms. The lowest BCUT2D eigenvalue weighted by Gasteiger charge is -2.02. The molecule has 1 amide bonds. The topological polar surface area (TPSA) is 78.7 Å². The molecule has 1 aromatic heterocycles. The third-order valence-corrected chi connectivity index (χ3v) is 4.18. The summed E-state index contributed by atoms with van der Waals surface area (Å²) < 4.78 is 0. The number of nitrogens with one attached hydrogen (secondary N) is 1. The average molecular weight is 312 g/mol. The number of hydrogen-bond acceptors (Lipinski definition) is 5. The Morgan fingerprint density at radius 2 is 2.14 bits per heavy atom. The Hall–Kier alpha value is -2.52. The molecule has 6 heteroatoms. The average Bonchev–Trinajstić information content (AvgIpc) is 2.95. The first-order chi connectivity index (χ1) is 10.5. The van der Waals surface area contributed by atoms with Gasteiger partial charge in [-0.25, -0.2) is 0 Å². The molecule has 0 fully saturated rings. The van der Waals surface area contributed by atoms with Crippen molar-refractivity contribution in [1.29, 1.82) is 5.26 Å². The van der Waals surface area contributed by atoms with E-state index in [0.29, 0.717) is 5.13 Å². The second-order valence-corrected chi connectivity index (χ2v) is 5.88. The number of anilines is 1. The van der Waals surface area contributed by atoms with E-state index < -0.39 is 5.91 Å². The van der Waals surface area contributed by atoms with Crippen LogP contribution in [0.1, 0.15) is 28.6 Å². The Balaban J connectivity index is 2.19. The van der Waals surface area contributed by atoms with Gasteiger partial charge in [0.05, 0.1) is 0 Å². The minimum atomic E-state index is -0.473. The van der Waals surface area contributed by atoms with Crippen molar-refractivity contribution in [2.75, 3.05) is 5.32 Å². The summed E-state index contributed by atoms with van der Waals surface area (Å²) in [6.45, 7) is 5.97. The molecule has 1 N–H and O–H groups in total. The summed E-state index contributed by atoms with van der Waals surface area (Å²) in [7, 11) is 0. The van der Waals surface area contributed by atoms with Crippen LogP contribution in [0.4, 0.5) is 5.13 Å². The van der Waals surface area contributed by atoms with E-state index >= 15 is 0 Å².